The van der Waals surface area contributed by atoms with Crippen LogP contribution >= 0.6 is 0 Å². The Morgan fingerprint density at radius 1 is 0.645 bits per heavy atom. The summed E-state index contributed by atoms with van der Waals surface area (Å²) in [5.41, 5.74) is 5.45. The monoisotopic (exact) mass is 650 g/mol. The zero-order chi connectivity index (χ0) is 21.3. The fourth-order valence-electron chi connectivity index (χ4n) is 3.87. The molecule has 174 valence electrons. The van der Waals surface area contributed by atoms with Gasteiger partial charge < -0.3 is 48.0 Å². The van der Waals surface area contributed by atoms with E-state index >= 15 is 0 Å². The smallest absolute Gasteiger partial charge is 0.174 e. The minimum absolute atomic E-state index is 0. The van der Waals surface area contributed by atoms with E-state index in [1.807, 2.05) is 0 Å². The standard InChI is InChI=1S/C26H40N2O.2HI/c1-6-27(4,7-2)25-17-13-23(14-18-25)11-9-10-12-24-15-19-26(20-16-24)28(5,8-3)21-22-29;;/h13-20,22H,6-12,21H2,1-5H3;2*1H/q+2;;/p-2. The molecule has 0 saturated heterocycles. The highest BCUT2D eigenvalue weighted by molar-refractivity contribution is 5.58. The third-order valence-electron chi connectivity index (χ3n) is 6.87. The van der Waals surface area contributed by atoms with Gasteiger partial charge in [0.2, 0.25) is 0 Å². The van der Waals surface area contributed by atoms with Crippen LogP contribution < -0.4 is 56.9 Å². The maximum absolute atomic E-state index is 11.0. The SMILES string of the molecule is CC[N+](C)(CC)c1ccc(CCCCc2ccc([N+](C)(CC)CC=O)cc2)cc1.[I-].[I-]. The molecule has 0 amide bonds. The first-order valence-electron chi connectivity index (χ1n) is 11.2. The quantitative estimate of drug-likeness (QED) is 0.130. The average Bonchev–Trinajstić information content (AvgIpc) is 2.77. The molecule has 2 rings (SSSR count). The molecule has 3 nitrogen and oxygen atoms in total. The maximum atomic E-state index is 11.0. The van der Waals surface area contributed by atoms with Crippen LogP contribution in [0.2, 0.25) is 0 Å². The number of aryl methyl sites for hydroxylation is 2. The third kappa shape index (κ3) is 8.41. The molecule has 0 fully saturated rings. The Kier molecular flexibility index (Phi) is 14.4. The number of halogens is 2. The van der Waals surface area contributed by atoms with E-state index < -0.39 is 0 Å². The molecule has 2 aromatic carbocycles. The summed E-state index contributed by atoms with van der Waals surface area (Å²) in [6.45, 7) is 10.4. The molecule has 1 unspecified atom stereocenters. The molecule has 2 aromatic rings. The van der Waals surface area contributed by atoms with Crippen molar-refractivity contribution in [3.8, 4) is 0 Å². The van der Waals surface area contributed by atoms with Crippen molar-refractivity contribution in [1.29, 1.82) is 0 Å². The van der Waals surface area contributed by atoms with E-state index in [0.29, 0.717) is 11.0 Å². The summed E-state index contributed by atoms with van der Waals surface area (Å²) in [6, 6.07) is 18.1. The summed E-state index contributed by atoms with van der Waals surface area (Å²) < 4.78 is 1.67. The summed E-state index contributed by atoms with van der Waals surface area (Å²) in [7, 11) is 4.43. The van der Waals surface area contributed by atoms with Crippen molar-refractivity contribution in [2.75, 3.05) is 40.3 Å². The number of likely N-dealkylation sites (N-methyl/N-ethyl adjacent to an activating group) is 1. The van der Waals surface area contributed by atoms with Gasteiger partial charge in [0.05, 0.1) is 33.7 Å². The van der Waals surface area contributed by atoms with E-state index in [1.54, 1.807) is 0 Å². The Balaban J connectivity index is 0.00000450. The number of nitrogens with zero attached hydrogens (tertiary/aromatic N) is 2. The Bertz CT molecular complexity index is 758. The van der Waals surface area contributed by atoms with Crippen LogP contribution in [0.5, 0.6) is 0 Å². The molecule has 5 heteroatoms. The Morgan fingerprint density at radius 3 is 1.32 bits per heavy atom. The number of hydrogen-bond acceptors (Lipinski definition) is 1. The largest absolute Gasteiger partial charge is 1.00 e. The van der Waals surface area contributed by atoms with Crippen molar-refractivity contribution < 1.29 is 52.7 Å². The van der Waals surface area contributed by atoms with Gasteiger partial charge in [-0.05, 0) is 81.8 Å². The Morgan fingerprint density at radius 2 is 1.00 bits per heavy atom. The van der Waals surface area contributed by atoms with E-state index in [0.717, 1.165) is 43.2 Å². The molecule has 0 aliphatic carbocycles. The van der Waals surface area contributed by atoms with Gasteiger partial charge in [0, 0.05) is 0 Å². The van der Waals surface area contributed by atoms with Crippen LogP contribution in [-0.4, -0.2) is 46.6 Å². The van der Waals surface area contributed by atoms with Gasteiger partial charge in [-0.25, -0.2) is 0 Å². The van der Waals surface area contributed by atoms with Gasteiger partial charge >= 0.3 is 0 Å². The number of carbonyl (C=O) groups is 1. The van der Waals surface area contributed by atoms with Gasteiger partial charge in [0.25, 0.3) is 0 Å². The number of benzene rings is 2. The number of quaternary nitrogens is 2. The van der Waals surface area contributed by atoms with Crippen LogP contribution in [0, 0.1) is 0 Å². The molecule has 0 aromatic heterocycles. The minimum atomic E-state index is 0. The van der Waals surface area contributed by atoms with E-state index in [4.69, 9.17) is 0 Å². The highest BCUT2D eigenvalue weighted by Gasteiger charge is 2.22. The Labute approximate surface area is 224 Å². The lowest BCUT2D eigenvalue weighted by Gasteiger charge is -2.31. The van der Waals surface area contributed by atoms with Gasteiger partial charge in [0.1, 0.15) is 17.9 Å². The molecule has 0 heterocycles. The molecule has 0 aliphatic heterocycles. The topological polar surface area (TPSA) is 17.1 Å². The number of aldehydes is 1. The lowest BCUT2D eigenvalue weighted by molar-refractivity contribution is -0.108. The zero-order valence-corrected chi connectivity index (χ0v) is 24.2. The van der Waals surface area contributed by atoms with Crippen molar-refractivity contribution in [1.82, 2.24) is 8.97 Å². The van der Waals surface area contributed by atoms with Crippen LogP contribution in [0.4, 0.5) is 11.4 Å². The fraction of sp³-hybridized carbons (Fsp3) is 0.500. The van der Waals surface area contributed by atoms with E-state index in [-0.39, 0.29) is 48.0 Å². The van der Waals surface area contributed by atoms with Crippen molar-refractivity contribution in [3.63, 3.8) is 0 Å². The molecular weight excluding hydrogens is 610 g/mol. The summed E-state index contributed by atoms with van der Waals surface area (Å²) >= 11 is 0. The summed E-state index contributed by atoms with van der Waals surface area (Å²) in [6.07, 6.45) is 5.69. The molecule has 31 heavy (non-hydrogen) atoms. The highest BCUT2D eigenvalue weighted by atomic mass is 127. The van der Waals surface area contributed by atoms with E-state index in [2.05, 4.69) is 83.4 Å². The lowest BCUT2D eigenvalue weighted by atomic mass is 10.0. The van der Waals surface area contributed by atoms with Gasteiger partial charge in [-0.15, -0.1) is 0 Å². The molecule has 0 aliphatic rings. The van der Waals surface area contributed by atoms with Crippen LogP contribution in [-0.2, 0) is 17.6 Å². The summed E-state index contributed by atoms with van der Waals surface area (Å²) in [5, 5.41) is 0. The summed E-state index contributed by atoms with van der Waals surface area (Å²) in [4.78, 5) is 11.0. The van der Waals surface area contributed by atoms with Crippen LogP contribution in [0.1, 0.15) is 44.7 Å². The van der Waals surface area contributed by atoms with Crippen molar-refractivity contribution in [2.24, 2.45) is 0 Å². The molecule has 0 bridgehead atoms. The Hall–Kier alpha value is -0.510. The molecule has 0 radical (unpaired) electrons. The number of hydrogen-bond donors (Lipinski definition) is 0. The second-order valence-electron chi connectivity index (χ2n) is 8.63. The van der Waals surface area contributed by atoms with Crippen molar-refractivity contribution >= 4 is 17.7 Å². The lowest BCUT2D eigenvalue weighted by Crippen LogP contribution is -3.00. The number of unbranched alkanes of at least 4 members (excludes halogenated alkanes) is 1. The predicted molar refractivity (Wildman–Crippen MR) is 128 cm³/mol. The molecular formula is C26H40I2N2O. The van der Waals surface area contributed by atoms with Crippen LogP contribution in [0.25, 0.3) is 0 Å². The first-order chi connectivity index (χ1) is 13.9. The van der Waals surface area contributed by atoms with Crippen LogP contribution in [0.15, 0.2) is 48.5 Å². The van der Waals surface area contributed by atoms with Crippen molar-refractivity contribution in [2.45, 2.75) is 46.5 Å². The maximum Gasteiger partial charge on any atom is 0.174 e. The van der Waals surface area contributed by atoms with E-state index in [1.165, 1.54) is 35.3 Å². The van der Waals surface area contributed by atoms with Crippen LogP contribution in [0.3, 0.4) is 0 Å². The molecule has 1 atom stereocenters. The first-order valence-corrected chi connectivity index (χ1v) is 11.2. The number of rotatable bonds is 12. The predicted octanol–water partition coefficient (Wildman–Crippen LogP) is -0.607. The highest BCUT2D eigenvalue weighted by Crippen LogP contribution is 2.23. The minimum Gasteiger partial charge on any atom is -1.00 e. The van der Waals surface area contributed by atoms with E-state index in [9.17, 15) is 4.79 Å². The van der Waals surface area contributed by atoms with Gasteiger partial charge in [-0.1, -0.05) is 24.3 Å². The first kappa shape index (κ1) is 30.5. The zero-order valence-electron chi connectivity index (χ0n) is 19.9. The second kappa shape index (κ2) is 14.6. The average molecular weight is 650 g/mol. The van der Waals surface area contributed by atoms with Crippen molar-refractivity contribution in [3.05, 3.63) is 59.7 Å². The number of carbonyl (C=O) groups excluding carboxylic acids is 1. The van der Waals surface area contributed by atoms with Gasteiger partial charge in [0.15, 0.2) is 6.29 Å². The van der Waals surface area contributed by atoms with Gasteiger partial charge in [-0.3, -0.25) is 13.8 Å². The summed E-state index contributed by atoms with van der Waals surface area (Å²) in [5.74, 6) is 0. The fourth-order valence-corrected chi connectivity index (χ4v) is 3.87. The molecule has 0 spiro atoms. The normalized spacial score (nSPS) is 12.9. The molecule has 0 saturated carbocycles. The molecule has 0 N–H and O–H groups in total. The third-order valence-corrected chi connectivity index (χ3v) is 6.87. The second-order valence-corrected chi connectivity index (χ2v) is 8.63. The van der Waals surface area contributed by atoms with Gasteiger partial charge in [-0.2, -0.15) is 0 Å².